The van der Waals surface area contributed by atoms with Gasteiger partial charge in [0.05, 0.1) is 12.7 Å². The zero-order valence-electron chi connectivity index (χ0n) is 19.8. The highest BCUT2D eigenvalue weighted by molar-refractivity contribution is 8.01. The number of aliphatic carboxylic acids is 1. The Morgan fingerprint density at radius 1 is 1.38 bits per heavy atom. The monoisotopic (exact) mass is 566 g/mol. The third-order valence-corrected chi connectivity index (χ3v) is 8.26. The number of aromatic nitrogens is 4. The summed E-state index contributed by atoms with van der Waals surface area (Å²) >= 11 is 3.58. The van der Waals surface area contributed by atoms with Gasteiger partial charge in [0.1, 0.15) is 23.7 Å². The lowest BCUT2D eigenvalue weighted by Crippen LogP contribution is -2.71. The zero-order valence-corrected chi connectivity index (χ0v) is 22.2. The van der Waals surface area contributed by atoms with E-state index in [1.54, 1.807) is 13.0 Å². The number of fused-ring (bicyclic) bond motifs is 1. The SMILES string of the molecule is CCO/N=C(\C(=O)NC1C(=O)N2C(C(=O)O)=C(CSc3nc(N)cc[n+]3CC)CS[C@H]12)c1nsc(N)n1. The van der Waals surface area contributed by atoms with E-state index in [4.69, 9.17) is 16.3 Å². The van der Waals surface area contributed by atoms with E-state index in [0.29, 0.717) is 34.6 Å². The molecule has 0 radical (unpaired) electrons. The molecule has 0 aliphatic carbocycles. The molecule has 196 valence electrons. The first-order chi connectivity index (χ1) is 17.7. The van der Waals surface area contributed by atoms with Crippen LogP contribution in [-0.2, 0) is 25.8 Å². The lowest BCUT2D eigenvalue weighted by atomic mass is 10.0. The van der Waals surface area contributed by atoms with Crippen LogP contribution in [0.1, 0.15) is 19.7 Å². The van der Waals surface area contributed by atoms with E-state index >= 15 is 0 Å². The van der Waals surface area contributed by atoms with Gasteiger partial charge in [-0.3, -0.25) is 14.5 Å². The number of nitrogen functional groups attached to an aromatic ring is 2. The van der Waals surface area contributed by atoms with Crippen LogP contribution in [0.25, 0.3) is 0 Å². The second-order valence-corrected chi connectivity index (χ2v) is 10.5. The maximum Gasteiger partial charge on any atom is 0.361 e. The average molecular weight is 567 g/mol. The molecule has 1 saturated heterocycles. The van der Waals surface area contributed by atoms with Crippen molar-refractivity contribution in [1.29, 1.82) is 0 Å². The first kappa shape index (κ1) is 26.6. The number of aryl methyl sites for hydroxylation is 1. The topological polar surface area (TPSA) is 203 Å². The second kappa shape index (κ2) is 11.3. The number of hydrogen-bond donors (Lipinski definition) is 4. The van der Waals surface area contributed by atoms with E-state index < -0.39 is 29.2 Å². The summed E-state index contributed by atoms with van der Waals surface area (Å²) in [6, 6.07) is 0.731. The third-order valence-electron chi connectivity index (χ3n) is 5.30. The summed E-state index contributed by atoms with van der Waals surface area (Å²) in [5.41, 5.74) is 11.7. The Morgan fingerprint density at radius 2 is 2.16 bits per heavy atom. The van der Waals surface area contributed by atoms with E-state index in [2.05, 4.69) is 24.8 Å². The molecular formula is C20H24N9O5S3+. The van der Waals surface area contributed by atoms with Crippen molar-refractivity contribution in [2.24, 2.45) is 5.16 Å². The van der Waals surface area contributed by atoms with Gasteiger partial charge in [0, 0.05) is 29.1 Å². The van der Waals surface area contributed by atoms with Gasteiger partial charge in [-0.05, 0) is 36.2 Å². The highest BCUT2D eigenvalue weighted by atomic mass is 32.2. The summed E-state index contributed by atoms with van der Waals surface area (Å²) in [7, 11) is 0. The Balaban J connectivity index is 1.50. The van der Waals surface area contributed by atoms with Crippen molar-refractivity contribution in [3.8, 4) is 0 Å². The molecule has 6 N–H and O–H groups in total. The molecule has 0 spiro atoms. The van der Waals surface area contributed by atoms with E-state index in [0.717, 1.165) is 11.5 Å². The summed E-state index contributed by atoms with van der Waals surface area (Å²) < 4.78 is 5.88. The molecule has 1 fully saturated rings. The molecule has 0 saturated carbocycles. The van der Waals surface area contributed by atoms with E-state index in [1.807, 2.05) is 17.7 Å². The number of β-lactam (4-membered cyclic amide) rings is 1. The molecule has 2 aromatic rings. The number of nitrogens with zero attached hydrogens (tertiary/aromatic N) is 6. The normalized spacial score (nSPS) is 19.4. The van der Waals surface area contributed by atoms with Gasteiger partial charge in [-0.2, -0.15) is 9.36 Å². The number of nitrogens with two attached hydrogens (primary N) is 2. The number of oxime groups is 1. The number of anilines is 2. The Kier molecular flexibility index (Phi) is 8.13. The van der Waals surface area contributed by atoms with E-state index in [-0.39, 0.29) is 29.0 Å². The van der Waals surface area contributed by atoms with Crippen LogP contribution < -0.4 is 21.4 Å². The Bertz CT molecular complexity index is 1300. The first-order valence-corrected chi connectivity index (χ1v) is 13.8. The number of carboxylic acid groups (broad SMARTS) is 1. The van der Waals surface area contributed by atoms with Crippen molar-refractivity contribution >= 4 is 69.5 Å². The summed E-state index contributed by atoms with van der Waals surface area (Å²) in [4.78, 5) is 52.6. The lowest BCUT2D eigenvalue weighted by molar-refractivity contribution is -0.733. The van der Waals surface area contributed by atoms with Gasteiger partial charge in [0.25, 0.3) is 11.8 Å². The molecule has 37 heavy (non-hydrogen) atoms. The van der Waals surface area contributed by atoms with Crippen molar-refractivity contribution in [3.63, 3.8) is 0 Å². The fraction of sp³-hybridized carbons (Fsp3) is 0.400. The van der Waals surface area contributed by atoms with Gasteiger partial charge in [0.15, 0.2) is 5.13 Å². The summed E-state index contributed by atoms with van der Waals surface area (Å²) in [5.74, 6) is -1.50. The molecule has 17 heteroatoms. The molecule has 2 aromatic heterocycles. The first-order valence-electron chi connectivity index (χ1n) is 11.0. The largest absolute Gasteiger partial charge is 0.477 e. The van der Waals surface area contributed by atoms with Crippen molar-refractivity contribution in [2.75, 3.05) is 29.6 Å². The molecule has 0 aromatic carbocycles. The Morgan fingerprint density at radius 3 is 2.81 bits per heavy atom. The second-order valence-electron chi connectivity index (χ2n) is 7.64. The molecule has 2 aliphatic heterocycles. The van der Waals surface area contributed by atoms with Gasteiger partial charge >= 0.3 is 11.1 Å². The number of amides is 2. The standard InChI is InChI=1S/C20H23N9O5S3/c1-3-28-6-5-10(21)23-20(28)36-8-9-7-35-17-12(16(31)29(17)13(9)18(32)33)24-15(30)11(26-34-4-2)14-25-19(22)37-27-14/h5-6,12,17,21H,3-4,7-8H2,1-2H3,(H4,22,24,25,27,30,32,33)/p+1/b26-11-/t12?,17-/m1/s1. The molecule has 14 nitrogen and oxygen atoms in total. The van der Waals surface area contributed by atoms with Crippen LogP contribution in [0, 0.1) is 0 Å². The minimum Gasteiger partial charge on any atom is -0.477 e. The van der Waals surface area contributed by atoms with Crippen LogP contribution in [0.3, 0.4) is 0 Å². The molecule has 4 rings (SSSR count). The molecule has 2 aliphatic rings. The van der Waals surface area contributed by atoms with Crippen LogP contribution in [0.4, 0.5) is 10.9 Å². The van der Waals surface area contributed by atoms with Crippen molar-refractivity contribution in [3.05, 3.63) is 29.4 Å². The maximum absolute atomic E-state index is 13.0. The summed E-state index contributed by atoms with van der Waals surface area (Å²) in [6.45, 7) is 4.51. The molecule has 2 atom stereocenters. The number of rotatable bonds is 10. The molecule has 1 unspecified atom stereocenters. The quantitative estimate of drug-likeness (QED) is 0.0729. The van der Waals surface area contributed by atoms with Gasteiger partial charge in [-0.25, -0.2) is 9.36 Å². The highest BCUT2D eigenvalue weighted by Crippen LogP contribution is 2.41. The van der Waals surface area contributed by atoms with Gasteiger partial charge in [0.2, 0.25) is 17.4 Å². The lowest BCUT2D eigenvalue weighted by Gasteiger charge is -2.49. The maximum atomic E-state index is 13.0. The molecule has 2 amide bonds. The predicted octanol–water partition coefficient (Wildman–Crippen LogP) is -0.324. The average Bonchev–Trinajstić information content (AvgIpc) is 3.31. The van der Waals surface area contributed by atoms with Crippen molar-refractivity contribution in [1.82, 2.24) is 24.6 Å². The molecule has 4 heterocycles. The van der Waals surface area contributed by atoms with Crippen LogP contribution in [0.5, 0.6) is 0 Å². The van der Waals surface area contributed by atoms with E-state index in [1.165, 1.54) is 28.4 Å². The van der Waals surface area contributed by atoms with Crippen LogP contribution in [0.2, 0.25) is 0 Å². The van der Waals surface area contributed by atoms with E-state index in [9.17, 15) is 19.5 Å². The van der Waals surface area contributed by atoms with Gasteiger partial charge < -0.3 is 26.7 Å². The summed E-state index contributed by atoms with van der Waals surface area (Å²) in [5, 5.41) is 16.5. The highest BCUT2D eigenvalue weighted by Gasteiger charge is 2.54. The summed E-state index contributed by atoms with van der Waals surface area (Å²) in [6.07, 6.45) is 1.81. The van der Waals surface area contributed by atoms with Crippen molar-refractivity contribution < 1.29 is 28.9 Å². The predicted molar refractivity (Wildman–Crippen MR) is 137 cm³/mol. The van der Waals surface area contributed by atoms with Crippen molar-refractivity contribution in [2.45, 2.75) is 37.0 Å². The van der Waals surface area contributed by atoms with Crippen LogP contribution >= 0.6 is 35.1 Å². The van der Waals surface area contributed by atoms with Gasteiger partial charge in [-0.15, -0.1) is 11.8 Å². The van der Waals surface area contributed by atoms with Crippen LogP contribution in [0.15, 0.2) is 33.8 Å². The number of carbonyl (C=O) groups is 3. The Labute approximate surface area is 223 Å². The third kappa shape index (κ3) is 5.47. The smallest absolute Gasteiger partial charge is 0.361 e. The fourth-order valence-electron chi connectivity index (χ4n) is 3.60. The fourth-order valence-corrected chi connectivity index (χ4v) is 6.58. The minimum atomic E-state index is -1.22. The zero-order chi connectivity index (χ0) is 26.7. The number of carbonyl (C=O) groups excluding carboxylic acids is 2. The molecular weight excluding hydrogens is 542 g/mol. The number of thioether (sulfide) groups is 2. The number of hydrogen-bond acceptors (Lipinski definition) is 13. The Hall–Kier alpha value is -3.44. The number of carboxylic acids is 1. The minimum absolute atomic E-state index is 0.0294. The van der Waals surface area contributed by atoms with Gasteiger partial charge in [-0.1, -0.05) is 5.16 Å². The van der Waals surface area contributed by atoms with Crippen LogP contribution in [-0.4, -0.2) is 77.4 Å². The number of nitrogens with one attached hydrogen (secondary N) is 1. The molecule has 0 bridgehead atoms.